The molecule has 25 atom stereocenters. The standard InChI is InChI=1S/C49H84O18/c1-10-26-33(54)35(56)38(59)42(62-26)66-40-28(21-51)64-43(39(60)37(40)58)67-41-36(57)34(55)27(20-50)63-44(41)65-32(46(5,6)61)16-11-22(2)23-17-18-47(7)29-14-12-24-25(13-15-30(52)45(24,3)4)49(29,9)31(53)19-48(23,47)8/h12,22-23,25-44,50-61H,10-11,13-21H2,1-9H3/t22-,23?,25?,26-,27-,28-,29?,30+,31-,32-,33-,34-,35+,36+,37-,38-,39-,40-,41-,42+,43+,44+,47+,48-,49+/m1/s1. The lowest BCUT2D eigenvalue weighted by Crippen LogP contribution is -2.66. The largest absolute Gasteiger partial charge is 0.394 e. The van der Waals surface area contributed by atoms with Gasteiger partial charge in [0.25, 0.3) is 0 Å². The number of rotatable bonds is 14. The van der Waals surface area contributed by atoms with E-state index in [1.54, 1.807) is 20.8 Å². The maximum atomic E-state index is 12.4. The first kappa shape index (κ1) is 53.8. The molecule has 7 rings (SSSR count). The highest BCUT2D eigenvalue weighted by Crippen LogP contribution is 2.75. The molecular weight excluding hydrogens is 877 g/mol. The van der Waals surface area contributed by atoms with Crippen molar-refractivity contribution in [2.45, 2.75) is 236 Å². The van der Waals surface area contributed by atoms with Crippen LogP contribution in [0.4, 0.5) is 0 Å². The van der Waals surface area contributed by atoms with Crippen LogP contribution in [0.2, 0.25) is 0 Å². The van der Waals surface area contributed by atoms with Gasteiger partial charge in [0.1, 0.15) is 67.1 Å². The van der Waals surface area contributed by atoms with E-state index in [1.165, 1.54) is 5.57 Å². The van der Waals surface area contributed by atoms with E-state index in [9.17, 15) is 61.3 Å². The summed E-state index contributed by atoms with van der Waals surface area (Å²) in [4.78, 5) is 0. The van der Waals surface area contributed by atoms with Gasteiger partial charge in [0.15, 0.2) is 18.9 Å². The van der Waals surface area contributed by atoms with Crippen LogP contribution in [0.15, 0.2) is 11.6 Å². The van der Waals surface area contributed by atoms with E-state index in [1.807, 2.05) is 0 Å². The molecule has 18 heteroatoms. The van der Waals surface area contributed by atoms with Gasteiger partial charge >= 0.3 is 0 Å². The molecule has 0 aromatic carbocycles. The minimum Gasteiger partial charge on any atom is -0.394 e. The molecule has 0 aromatic heterocycles. The van der Waals surface area contributed by atoms with Crippen LogP contribution in [0.1, 0.15) is 120 Å². The summed E-state index contributed by atoms with van der Waals surface area (Å²) in [6.07, 6.45) is -17.5. The molecule has 3 saturated heterocycles. The molecule has 18 nitrogen and oxygen atoms in total. The first-order valence-corrected chi connectivity index (χ1v) is 24.9. The Balaban J connectivity index is 1.06. The van der Waals surface area contributed by atoms with Gasteiger partial charge in [-0.3, -0.25) is 0 Å². The number of hydrogen-bond acceptors (Lipinski definition) is 18. The molecular formula is C49H84O18. The van der Waals surface area contributed by atoms with Crippen LogP contribution in [0, 0.1) is 45.3 Å². The number of fused-ring (bicyclic) bond motifs is 5. The average Bonchev–Trinajstić information content (AvgIpc) is 3.54. The smallest absolute Gasteiger partial charge is 0.187 e. The number of aliphatic hydroxyl groups is 12. The van der Waals surface area contributed by atoms with Gasteiger partial charge in [0, 0.05) is 10.8 Å². The van der Waals surface area contributed by atoms with Crippen molar-refractivity contribution in [1.82, 2.24) is 0 Å². The third-order valence-electron chi connectivity index (χ3n) is 18.9. The van der Waals surface area contributed by atoms with E-state index in [2.05, 4.69) is 47.6 Å². The second-order valence-electron chi connectivity index (χ2n) is 23.3. The molecule has 3 aliphatic heterocycles. The summed E-state index contributed by atoms with van der Waals surface area (Å²) in [6, 6.07) is 0. The Bertz CT molecular complexity index is 1710. The molecule has 3 heterocycles. The van der Waals surface area contributed by atoms with Crippen molar-refractivity contribution in [3.63, 3.8) is 0 Å². The van der Waals surface area contributed by atoms with Gasteiger partial charge in [-0.15, -0.1) is 0 Å². The molecule has 3 saturated carbocycles. The summed E-state index contributed by atoms with van der Waals surface area (Å²) in [5.41, 5.74) is -1.16. The van der Waals surface area contributed by atoms with Gasteiger partial charge in [-0.05, 0) is 106 Å². The van der Waals surface area contributed by atoms with Crippen molar-refractivity contribution < 1.29 is 89.7 Å². The number of aliphatic hydroxyl groups excluding tert-OH is 11. The van der Waals surface area contributed by atoms with Crippen LogP contribution in [-0.4, -0.2) is 191 Å². The molecule has 6 fully saturated rings. The van der Waals surface area contributed by atoms with Crippen molar-refractivity contribution in [3.05, 3.63) is 11.6 Å². The van der Waals surface area contributed by atoms with Gasteiger partial charge in [-0.1, -0.05) is 60.1 Å². The second kappa shape index (κ2) is 19.8. The Kier molecular flexibility index (Phi) is 15.9. The van der Waals surface area contributed by atoms with Crippen LogP contribution >= 0.6 is 0 Å². The van der Waals surface area contributed by atoms with Crippen molar-refractivity contribution in [2.75, 3.05) is 13.2 Å². The van der Waals surface area contributed by atoms with E-state index in [0.717, 1.165) is 25.7 Å². The monoisotopic (exact) mass is 961 g/mol. The maximum absolute atomic E-state index is 12.4. The number of hydrogen-bond donors (Lipinski definition) is 12. The Morgan fingerprint density at radius 2 is 1.24 bits per heavy atom. The zero-order chi connectivity index (χ0) is 49.5. The normalized spacial score (nSPS) is 51.0. The third kappa shape index (κ3) is 9.15. The van der Waals surface area contributed by atoms with Crippen molar-refractivity contribution in [2.24, 2.45) is 45.3 Å². The van der Waals surface area contributed by atoms with Crippen molar-refractivity contribution in [3.8, 4) is 0 Å². The lowest BCUT2D eigenvalue weighted by atomic mass is 9.38. The molecule has 67 heavy (non-hydrogen) atoms. The molecule has 0 amide bonds. The Hall–Kier alpha value is -0.980. The molecule has 388 valence electrons. The highest BCUT2D eigenvalue weighted by Gasteiger charge is 2.70. The van der Waals surface area contributed by atoms with Gasteiger partial charge in [-0.2, -0.15) is 0 Å². The summed E-state index contributed by atoms with van der Waals surface area (Å²) in [5.74, 6) is 0.786. The SMILES string of the molecule is CC[C@H]1O[C@@H](O[C@H]2[C@H](O)[C@@H](O)[C@H](O[C@H]3[C@H](O[C@H](CC[C@@H](C)C4CC[C@@]5(C)C6CC=C7C(CC[C@H](O)C7(C)C)[C@]6(C)[C@H](O)C[C@]45C)C(C)(C)O)O[C@H](CO)[C@@H](O)[C@@H]3O)O[C@@H]2CO)[C@H](O)[C@@H](O)[C@@H]1O. The maximum Gasteiger partial charge on any atom is 0.187 e. The van der Waals surface area contributed by atoms with E-state index < -0.39 is 129 Å². The summed E-state index contributed by atoms with van der Waals surface area (Å²) < 4.78 is 35.8. The Morgan fingerprint density at radius 3 is 1.85 bits per heavy atom. The van der Waals surface area contributed by atoms with E-state index in [0.29, 0.717) is 25.7 Å². The van der Waals surface area contributed by atoms with Crippen LogP contribution in [0.5, 0.6) is 0 Å². The second-order valence-corrected chi connectivity index (χ2v) is 23.3. The zero-order valence-corrected chi connectivity index (χ0v) is 40.9. The molecule has 0 spiro atoms. The quantitative estimate of drug-likeness (QED) is 0.105. The van der Waals surface area contributed by atoms with Crippen molar-refractivity contribution >= 4 is 0 Å². The summed E-state index contributed by atoms with van der Waals surface area (Å²) in [7, 11) is 0. The minimum absolute atomic E-state index is 0.0688. The summed E-state index contributed by atoms with van der Waals surface area (Å²) >= 11 is 0. The number of allylic oxidation sites excluding steroid dienone is 1. The first-order valence-electron chi connectivity index (χ1n) is 24.9. The Labute approximate surface area is 395 Å². The third-order valence-corrected chi connectivity index (χ3v) is 18.9. The molecule has 0 aromatic rings. The highest BCUT2D eigenvalue weighted by molar-refractivity contribution is 5.31. The topological polar surface area (TPSA) is 298 Å². The fourth-order valence-electron chi connectivity index (χ4n) is 14.3. The minimum atomic E-state index is -1.94. The molecule has 7 aliphatic rings. The lowest BCUT2D eigenvalue weighted by Gasteiger charge is -2.67. The predicted octanol–water partition coefficient (Wildman–Crippen LogP) is 0.362. The Morgan fingerprint density at radius 1 is 0.672 bits per heavy atom. The van der Waals surface area contributed by atoms with E-state index in [-0.39, 0.29) is 51.8 Å². The van der Waals surface area contributed by atoms with Gasteiger partial charge in [0.05, 0.1) is 43.2 Å². The van der Waals surface area contributed by atoms with Gasteiger partial charge in [-0.25, -0.2) is 0 Å². The summed E-state index contributed by atoms with van der Waals surface area (Å²) in [6.45, 7) is 16.8. The van der Waals surface area contributed by atoms with Gasteiger partial charge in [0.2, 0.25) is 0 Å². The lowest BCUT2D eigenvalue weighted by molar-refractivity contribution is -0.388. The van der Waals surface area contributed by atoms with Crippen LogP contribution in [0.3, 0.4) is 0 Å². The van der Waals surface area contributed by atoms with Crippen LogP contribution in [-0.2, 0) is 28.4 Å². The average molecular weight is 961 g/mol. The molecule has 3 unspecified atom stereocenters. The fraction of sp³-hybridized carbons (Fsp3) is 0.959. The molecule has 4 aliphatic carbocycles. The van der Waals surface area contributed by atoms with Crippen molar-refractivity contribution in [1.29, 1.82) is 0 Å². The fourth-order valence-corrected chi connectivity index (χ4v) is 14.3. The van der Waals surface area contributed by atoms with Crippen LogP contribution < -0.4 is 0 Å². The molecule has 0 radical (unpaired) electrons. The highest BCUT2D eigenvalue weighted by atomic mass is 16.8. The molecule has 12 N–H and O–H groups in total. The zero-order valence-electron chi connectivity index (χ0n) is 40.9. The predicted molar refractivity (Wildman–Crippen MR) is 238 cm³/mol. The van der Waals surface area contributed by atoms with E-state index >= 15 is 0 Å². The van der Waals surface area contributed by atoms with E-state index in [4.69, 9.17) is 28.4 Å². The summed E-state index contributed by atoms with van der Waals surface area (Å²) in [5, 5.41) is 132. The molecule has 0 bridgehead atoms. The van der Waals surface area contributed by atoms with Crippen LogP contribution in [0.25, 0.3) is 0 Å². The van der Waals surface area contributed by atoms with Gasteiger partial charge < -0.3 is 89.7 Å². The number of ether oxygens (including phenoxy) is 6. The first-order chi connectivity index (χ1) is 31.2.